The number of nitrogens with one attached hydrogen (secondary N) is 1. The van der Waals surface area contributed by atoms with Crippen molar-refractivity contribution in [3.63, 3.8) is 0 Å². The van der Waals surface area contributed by atoms with Crippen molar-refractivity contribution < 1.29 is 18.0 Å². The first kappa shape index (κ1) is 33.1. The average molecular weight is 653 g/mol. The van der Waals surface area contributed by atoms with E-state index < -0.39 is 28.5 Å². The molecule has 230 valence electrons. The first-order valence-corrected chi connectivity index (χ1v) is 16.6. The van der Waals surface area contributed by atoms with Crippen molar-refractivity contribution in [3.8, 4) is 0 Å². The Morgan fingerprint density at radius 2 is 1.50 bits per heavy atom. The maximum atomic E-state index is 14.4. The number of anilines is 1. The van der Waals surface area contributed by atoms with Crippen molar-refractivity contribution in [2.24, 2.45) is 0 Å². The summed E-state index contributed by atoms with van der Waals surface area (Å²) in [4.78, 5) is 29.7. The lowest BCUT2D eigenvalue weighted by Crippen LogP contribution is -2.53. The molecule has 0 aliphatic carbocycles. The minimum absolute atomic E-state index is 0.00796. The van der Waals surface area contributed by atoms with Crippen molar-refractivity contribution in [1.29, 1.82) is 0 Å². The predicted molar refractivity (Wildman–Crippen MR) is 176 cm³/mol. The SMILES string of the molecule is CCCCNC(=O)[C@H](Cc1ccccc1)N(Cc1ccccc1Cl)C(=O)CN(c1cccc(Cl)c1)S(=O)(=O)c1ccccc1. The Kier molecular flexibility index (Phi) is 11.8. The molecule has 4 rings (SSSR count). The van der Waals surface area contributed by atoms with Gasteiger partial charge in [-0.1, -0.05) is 109 Å². The van der Waals surface area contributed by atoms with E-state index in [-0.39, 0.29) is 29.5 Å². The summed E-state index contributed by atoms with van der Waals surface area (Å²) in [6.45, 7) is 1.89. The van der Waals surface area contributed by atoms with Gasteiger partial charge in [0, 0.05) is 29.6 Å². The number of unbranched alkanes of at least 4 members (excludes halogenated alkanes) is 1. The Balaban J connectivity index is 1.79. The summed E-state index contributed by atoms with van der Waals surface area (Å²) < 4.78 is 29.0. The molecule has 2 amide bonds. The number of carbonyl (C=O) groups is 2. The van der Waals surface area contributed by atoms with Crippen LogP contribution >= 0.6 is 23.2 Å². The van der Waals surface area contributed by atoms with E-state index in [0.717, 1.165) is 22.7 Å². The lowest BCUT2D eigenvalue weighted by molar-refractivity contribution is -0.140. The largest absolute Gasteiger partial charge is 0.354 e. The number of carbonyl (C=O) groups excluding carboxylic acids is 2. The Hall–Kier alpha value is -3.85. The van der Waals surface area contributed by atoms with Crippen molar-refractivity contribution >= 4 is 50.7 Å². The summed E-state index contributed by atoms with van der Waals surface area (Å²) in [6.07, 6.45) is 1.88. The van der Waals surface area contributed by atoms with Crippen LogP contribution in [0.5, 0.6) is 0 Å². The van der Waals surface area contributed by atoms with Crippen LogP contribution in [0.4, 0.5) is 5.69 Å². The van der Waals surface area contributed by atoms with E-state index in [4.69, 9.17) is 23.2 Å². The van der Waals surface area contributed by atoms with Gasteiger partial charge in [0.15, 0.2) is 0 Å². The molecule has 1 N–H and O–H groups in total. The van der Waals surface area contributed by atoms with Crippen LogP contribution in [-0.4, -0.2) is 44.3 Å². The van der Waals surface area contributed by atoms with Crippen LogP contribution in [0.1, 0.15) is 30.9 Å². The van der Waals surface area contributed by atoms with Crippen LogP contribution in [-0.2, 0) is 32.6 Å². The highest BCUT2D eigenvalue weighted by Crippen LogP contribution is 2.27. The van der Waals surface area contributed by atoms with E-state index >= 15 is 0 Å². The molecular formula is C34H35Cl2N3O4S. The lowest BCUT2D eigenvalue weighted by Gasteiger charge is -2.34. The third-order valence-electron chi connectivity index (χ3n) is 7.11. The molecule has 0 heterocycles. The molecule has 0 bridgehead atoms. The number of sulfonamides is 1. The van der Waals surface area contributed by atoms with Gasteiger partial charge in [0.25, 0.3) is 10.0 Å². The van der Waals surface area contributed by atoms with E-state index in [9.17, 15) is 18.0 Å². The topological polar surface area (TPSA) is 86.8 Å². The number of hydrogen-bond acceptors (Lipinski definition) is 4. The zero-order chi connectivity index (χ0) is 31.5. The number of benzene rings is 4. The second-order valence-corrected chi connectivity index (χ2v) is 13.0. The smallest absolute Gasteiger partial charge is 0.264 e. The third-order valence-corrected chi connectivity index (χ3v) is 9.50. The summed E-state index contributed by atoms with van der Waals surface area (Å²) in [6, 6.07) is 29.7. The molecule has 0 radical (unpaired) electrons. The Bertz CT molecular complexity index is 1650. The van der Waals surface area contributed by atoms with Gasteiger partial charge in [-0.2, -0.15) is 0 Å². The van der Waals surface area contributed by atoms with Crippen LogP contribution < -0.4 is 9.62 Å². The molecule has 4 aromatic carbocycles. The summed E-state index contributed by atoms with van der Waals surface area (Å²) in [5.74, 6) is -0.904. The molecule has 0 spiro atoms. The van der Waals surface area contributed by atoms with Crippen LogP contribution in [0, 0.1) is 0 Å². The molecule has 10 heteroatoms. The summed E-state index contributed by atoms with van der Waals surface area (Å²) in [5, 5.41) is 3.72. The van der Waals surface area contributed by atoms with Crippen LogP contribution in [0.3, 0.4) is 0 Å². The molecule has 0 aliphatic rings. The molecule has 44 heavy (non-hydrogen) atoms. The van der Waals surface area contributed by atoms with Crippen molar-refractivity contribution in [1.82, 2.24) is 10.2 Å². The van der Waals surface area contributed by atoms with Crippen LogP contribution in [0.2, 0.25) is 10.0 Å². The summed E-state index contributed by atoms with van der Waals surface area (Å²) >= 11 is 12.8. The highest BCUT2D eigenvalue weighted by Gasteiger charge is 2.34. The Morgan fingerprint density at radius 3 is 2.16 bits per heavy atom. The van der Waals surface area contributed by atoms with Gasteiger partial charge in [0.05, 0.1) is 10.6 Å². The summed E-state index contributed by atoms with van der Waals surface area (Å²) in [5.41, 5.74) is 1.70. The minimum atomic E-state index is -4.20. The number of amides is 2. The maximum Gasteiger partial charge on any atom is 0.264 e. The number of nitrogens with zero attached hydrogens (tertiary/aromatic N) is 2. The zero-order valence-corrected chi connectivity index (χ0v) is 26.7. The molecule has 0 fully saturated rings. The molecule has 7 nitrogen and oxygen atoms in total. The van der Waals surface area contributed by atoms with E-state index in [0.29, 0.717) is 22.2 Å². The molecular weight excluding hydrogens is 617 g/mol. The Labute approximate surface area is 269 Å². The monoisotopic (exact) mass is 651 g/mol. The fourth-order valence-electron chi connectivity index (χ4n) is 4.75. The van der Waals surface area contributed by atoms with E-state index in [1.165, 1.54) is 23.1 Å². The predicted octanol–water partition coefficient (Wildman–Crippen LogP) is 6.75. The Morgan fingerprint density at radius 1 is 0.841 bits per heavy atom. The van der Waals surface area contributed by atoms with Crippen LogP contribution in [0.15, 0.2) is 114 Å². The first-order chi connectivity index (χ1) is 21.2. The standard InChI is InChI=1S/C34H35Cl2N3O4S/c1-2-3-21-37-34(41)32(22-26-13-6-4-7-14-26)38(24-27-15-10-11-20-31(27)36)33(40)25-39(29-17-12-16-28(35)23-29)44(42,43)30-18-8-5-9-19-30/h4-20,23,32H,2-3,21-22,24-25H2,1H3,(H,37,41)/t32-/m0/s1. The molecule has 1 atom stereocenters. The second kappa shape index (κ2) is 15.7. The molecule has 0 saturated heterocycles. The quantitative estimate of drug-likeness (QED) is 0.153. The van der Waals surface area contributed by atoms with Gasteiger partial charge in [-0.25, -0.2) is 8.42 Å². The lowest BCUT2D eigenvalue weighted by atomic mass is 10.0. The fourth-order valence-corrected chi connectivity index (χ4v) is 6.56. The molecule has 0 unspecified atom stereocenters. The number of hydrogen-bond donors (Lipinski definition) is 1. The minimum Gasteiger partial charge on any atom is -0.354 e. The number of halogens is 2. The molecule has 0 aliphatic heterocycles. The second-order valence-electron chi connectivity index (χ2n) is 10.3. The average Bonchev–Trinajstić information content (AvgIpc) is 3.03. The first-order valence-electron chi connectivity index (χ1n) is 14.4. The highest BCUT2D eigenvalue weighted by atomic mass is 35.5. The molecule has 0 saturated carbocycles. The number of rotatable bonds is 14. The van der Waals surface area contributed by atoms with Gasteiger partial charge in [-0.15, -0.1) is 0 Å². The maximum absolute atomic E-state index is 14.4. The van der Waals surface area contributed by atoms with E-state index in [1.807, 2.05) is 37.3 Å². The normalized spacial score (nSPS) is 11.9. The van der Waals surface area contributed by atoms with Gasteiger partial charge >= 0.3 is 0 Å². The van der Waals surface area contributed by atoms with Gasteiger partial charge < -0.3 is 10.2 Å². The van der Waals surface area contributed by atoms with E-state index in [2.05, 4.69) is 5.32 Å². The molecule has 0 aromatic heterocycles. The van der Waals surface area contributed by atoms with Crippen molar-refractivity contribution in [3.05, 3.63) is 130 Å². The fraction of sp³-hybridized carbons (Fsp3) is 0.235. The highest BCUT2D eigenvalue weighted by molar-refractivity contribution is 7.92. The molecule has 4 aromatic rings. The van der Waals surface area contributed by atoms with Gasteiger partial charge in [0.2, 0.25) is 11.8 Å². The third kappa shape index (κ3) is 8.62. The van der Waals surface area contributed by atoms with Gasteiger partial charge in [0.1, 0.15) is 12.6 Å². The van der Waals surface area contributed by atoms with E-state index in [1.54, 1.807) is 60.7 Å². The summed E-state index contributed by atoms with van der Waals surface area (Å²) in [7, 11) is -4.20. The van der Waals surface area contributed by atoms with Crippen LogP contribution in [0.25, 0.3) is 0 Å². The zero-order valence-electron chi connectivity index (χ0n) is 24.4. The van der Waals surface area contributed by atoms with Crippen molar-refractivity contribution in [2.75, 3.05) is 17.4 Å². The van der Waals surface area contributed by atoms with Crippen molar-refractivity contribution in [2.45, 2.75) is 43.7 Å². The van der Waals surface area contributed by atoms with Gasteiger partial charge in [-0.3, -0.25) is 13.9 Å². The van der Waals surface area contributed by atoms with Gasteiger partial charge in [-0.05, 0) is 53.9 Å².